The fourth-order valence-electron chi connectivity index (χ4n) is 1.22. The zero-order valence-corrected chi connectivity index (χ0v) is 9.48. The van der Waals surface area contributed by atoms with Gasteiger partial charge in [0.25, 0.3) is 0 Å². The Morgan fingerprint density at radius 3 is 3.12 bits per heavy atom. The molecule has 6 heteroatoms. The molecule has 16 heavy (non-hydrogen) atoms. The summed E-state index contributed by atoms with van der Waals surface area (Å²) >= 11 is 0. The van der Waals surface area contributed by atoms with Crippen molar-refractivity contribution in [1.29, 1.82) is 0 Å². The average Bonchev–Trinajstić information content (AvgIpc) is 2.63. The van der Waals surface area contributed by atoms with Crippen LogP contribution in [0.25, 0.3) is 0 Å². The Morgan fingerprint density at radius 2 is 2.50 bits per heavy atom. The molecule has 1 amide bonds. The van der Waals surface area contributed by atoms with Crippen LogP contribution in [0.4, 0.5) is 5.69 Å². The van der Waals surface area contributed by atoms with E-state index in [9.17, 15) is 4.79 Å². The summed E-state index contributed by atoms with van der Waals surface area (Å²) in [5.41, 5.74) is 6.04. The average molecular weight is 226 g/mol. The van der Waals surface area contributed by atoms with Gasteiger partial charge in [-0.2, -0.15) is 5.10 Å². The maximum absolute atomic E-state index is 11.4. The molecular weight excluding hydrogens is 208 g/mol. The van der Waals surface area contributed by atoms with Gasteiger partial charge in [0.1, 0.15) is 6.54 Å². The summed E-state index contributed by atoms with van der Waals surface area (Å²) in [5, 5.41) is 6.70. The van der Waals surface area contributed by atoms with E-state index in [1.807, 2.05) is 6.92 Å². The van der Waals surface area contributed by atoms with Crippen molar-refractivity contribution in [3.05, 3.63) is 12.4 Å². The number of nitrogens with zero attached hydrogens (tertiary/aromatic N) is 2. The number of amides is 1. The topological polar surface area (TPSA) is 82.2 Å². The van der Waals surface area contributed by atoms with E-state index in [2.05, 4.69) is 10.4 Å². The summed E-state index contributed by atoms with van der Waals surface area (Å²) in [6.07, 6.45) is 3.96. The zero-order valence-electron chi connectivity index (χ0n) is 9.48. The third-order valence-corrected chi connectivity index (χ3v) is 1.95. The number of rotatable bonds is 7. The van der Waals surface area contributed by atoms with Crippen LogP contribution in [0.2, 0.25) is 0 Å². The van der Waals surface area contributed by atoms with Gasteiger partial charge in [-0.3, -0.25) is 9.48 Å². The molecule has 1 aromatic rings. The number of aromatic nitrogens is 2. The second-order valence-corrected chi connectivity index (χ2v) is 3.37. The molecule has 0 bridgehead atoms. The zero-order chi connectivity index (χ0) is 11.8. The molecule has 1 rings (SSSR count). The molecule has 0 aromatic carbocycles. The normalized spacial score (nSPS) is 10.3. The number of nitrogens with one attached hydrogen (secondary N) is 1. The Kier molecular flexibility index (Phi) is 5.35. The number of ether oxygens (including phenoxy) is 1. The Labute approximate surface area is 94.8 Å². The van der Waals surface area contributed by atoms with Crippen LogP contribution in [0.5, 0.6) is 0 Å². The maximum Gasteiger partial charge on any atom is 0.241 e. The van der Waals surface area contributed by atoms with Gasteiger partial charge >= 0.3 is 0 Å². The van der Waals surface area contributed by atoms with E-state index < -0.39 is 0 Å². The van der Waals surface area contributed by atoms with Gasteiger partial charge in [0.15, 0.2) is 0 Å². The van der Waals surface area contributed by atoms with E-state index in [-0.39, 0.29) is 12.5 Å². The van der Waals surface area contributed by atoms with Crippen LogP contribution in [0, 0.1) is 0 Å². The minimum absolute atomic E-state index is 0.0698. The van der Waals surface area contributed by atoms with Gasteiger partial charge in [-0.1, -0.05) is 0 Å². The van der Waals surface area contributed by atoms with Crippen molar-refractivity contribution >= 4 is 11.6 Å². The van der Waals surface area contributed by atoms with E-state index in [1.165, 1.54) is 10.9 Å². The smallest absolute Gasteiger partial charge is 0.241 e. The summed E-state index contributed by atoms with van der Waals surface area (Å²) in [6.45, 7) is 4.15. The standard InChI is InChI=1S/C10H18N4O2/c1-2-16-5-3-4-12-10(15)8-14-7-9(11)6-13-14/h6-7H,2-5,8,11H2,1H3,(H,12,15). The predicted octanol–water partition coefficient (Wildman–Crippen LogP) is 0.00810. The lowest BCUT2D eigenvalue weighted by Gasteiger charge is -2.05. The molecule has 0 aliphatic heterocycles. The molecule has 0 aliphatic carbocycles. The number of carbonyl (C=O) groups excluding carboxylic acids is 1. The van der Waals surface area contributed by atoms with Gasteiger partial charge < -0.3 is 15.8 Å². The Balaban J connectivity index is 2.11. The molecule has 1 heterocycles. The van der Waals surface area contributed by atoms with E-state index in [4.69, 9.17) is 10.5 Å². The Morgan fingerprint density at radius 1 is 1.69 bits per heavy atom. The lowest BCUT2D eigenvalue weighted by atomic mass is 10.4. The molecule has 6 nitrogen and oxygen atoms in total. The fourth-order valence-corrected chi connectivity index (χ4v) is 1.22. The molecule has 0 saturated carbocycles. The number of anilines is 1. The number of nitrogens with two attached hydrogens (primary N) is 1. The van der Waals surface area contributed by atoms with Gasteiger partial charge in [-0.05, 0) is 13.3 Å². The van der Waals surface area contributed by atoms with Crippen LogP contribution in [-0.4, -0.2) is 35.4 Å². The van der Waals surface area contributed by atoms with E-state index in [0.717, 1.165) is 6.42 Å². The number of nitrogen functional groups attached to an aromatic ring is 1. The third-order valence-electron chi connectivity index (χ3n) is 1.95. The summed E-state index contributed by atoms with van der Waals surface area (Å²) in [5.74, 6) is -0.0698. The van der Waals surface area contributed by atoms with Crippen LogP contribution in [-0.2, 0) is 16.1 Å². The molecule has 0 saturated heterocycles. The molecule has 0 radical (unpaired) electrons. The summed E-state index contributed by atoms with van der Waals surface area (Å²) in [4.78, 5) is 11.4. The first-order chi connectivity index (χ1) is 7.72. The highest BCUT2D eigenvalue weighted by atomic mass is 16.5. The van der Waals surface area contributed by atoms with E-state index >= 15 is 0 Å². The van der Waals surface area contributed by atoms with Crippen LogP contribution >= 0.6 is 0 Å². The SMILES string of the molecule is CCOCCCNC(=O)Cn1cc(N)cn1. The minimum Gasteiger partial charge on any atom is -0.396 e. The Bertz CT molecular complexity index is 324. The first kappa shape index (κ1) is 12.5. The van der Waals surface area contributed by atoms with Crippen molar-refractivity contribution in [3.8, 4) is 0 Å². The van der Waals surface area contributed by atoms with Crippen molar-refractivity contribution in [1.82, 2.24) is 15.1 Å². The van der Waals surface area contributed by atoms with Crippen molar-refractivity contribution in [2.24, 2.45) is 0 Å². The van der Waals surface area contributed by atoms with Crippen LogP contribution < -0.4 is 11.1 Å². The van der Waals surface area contributed by atoms with Crippen molar-refractivity contribution < 1.29 is 9.53 Å². The molecule has 1 aromatic heterocycles. The molecule has 0 spiro atoms. The first-order valence-electron chi connectivity index (χ1n) is 5.34. The lowest BCUT2D eigenvalue weighted by molar-refractivity contribution is -0.121. The van der Waals surface area contributed by atoms with Gasteiger partial charge in [-0.15, -0.1) is 0 Å². The predicted molar refractivity (Wildman–Crippen MR) is 60.8 cm³/mol. The van der Waals surface area contributed by atoms with Crippen molar-refractivity contribution in [3.63, 3.8) is 0 Å². The highest BCUT2D eigenvalue weighted by molar-refractivity contribution is 5.75. The summed E-state index contributed by atoms with van der Waals surface area (Å²) in [7, 11) is 0. The van der Waals surface area contributed by atoms with Crippen LogP contribution in [0.3, 0.4) is 0 Å². The molecular formula is C10H18N4O2. The molecule has 0 aliphatic rings. The number of hydrogen-bond donors (Lipinski definition) is 2. The second-order valence-electron chi connectivity index (χ2n) is 3.37. The van der Waals surface area contributed by atoms with Gasteiger partial charge in [0, 0.05) is 26.0 Å². The first-order valence-corrected chi connectivity index (χ1v) is 5.34. The van der Waals surface area contributed by atoms with Gasteiger partial charge in [0.2, 0.25) is 5.91 Å². The highest BCUT2D eigenvalue weighted by Crippen LogP contribution is 1.96. The summed E-state index contributed by atoms with van der Waals surface area (Å²) in [6, 6.07) is 0. The van der Waals surface area contributed by atoms with Crippen LogP contribution in [0.15, 0.2) is 12.4 Å². The molecule has 0 unspecified atom stereocenters. The quantitative estimate of drug-likeness (QED) is 0.641. The van der Waals surface area contributed by atoms with E-state index in [1.54, 1.807) is 6.20 Å². The van der Waals surface area contributed by atoms with Gasteiger partial charge in [-0.25, -0.2) is 0 Å². The van der Waals surface area contributed by atoms with Crippen molar-refractivity contribution in [2.45, 2.75) is 19.9 Å². The number of carbonyl (C=O) groups is 1. The summed E-state index contributed by atoms with van der Waals surface area (Å²) < 4.78 is 6.66. The fraction of sp³-hybridized carbons (Fsp3) is 0.600. The van der Waals surface area contributed by atoms with Crippen molar-refractivity contribution in [2.75, 3.05) is 25.5 Å². The molecule has 90 valence electrons. The minimum atomic E-state index is -0.0698. The third kappa shape index (κ3) is 4.79. The molecule has 0 fully saturated rings. The second kappa shape index (κ2) is 6.84. The highest BCUT2D eigenvalue weighted by Gasteiger charge is 2.02. The van der Waals surface area contributed by atoms with Gasteiger partial charge in [0.05, 0.1) is 11.9 Å². The molecule has 0 atom stereocenters. The largest absolute Gasteiger partial charge is 0.396 e. The molecule has 3 N–H and O–H groups in total. The Hall–Kier alpha value is -1.56. The van der Waals surface area contributed by atoms with E-state index in [0.29, 0.717) is 25.4 Å². The maximum atomic E-state index is 11.4. The lowest BCUT2D eigenvalue weighted by Crippen LogP contribution is -2.29. The monoisotopic (exact) mass is 226 g/mol. The number of hydrogen-bond acceptors (Lipinski definition) is 4. The van der Waals surface area contributed by atoms with Crippen LogP contribution in [0.1, 0.15) is 13.3 Å².